The molecule has 1 aliphatic rings. The molecular weight excluding hydrogens is 331 g/mol. The van der Waals surface area contributed by atoms with Gasteiger partial charge in [0.2, 0.25) is 0 Å². The Kier molecular flexibility index (Phi) is 5.44. The average Bonchev–Trinajstić information content (AvgIpc) is 2.43. The Balaban J connectivity index is 2.19. The highest BCUT2D eigenvalue weighted by Gasteiger charge is 2.41. The summed E-state index contributed by atoms with van der Waals surface area (Å²) in [5, 5.41) is 0. The second-order valence-electron chi connectivity index (χ2n) is 6.73. The highest BCUT2D eigenvalue weighted by Crippen LogP contribution is 2.38. The zero-order valence-electron chi connectivity index (χ0n) is 13.2. The highest BCUT2D eigenvalue weighted by molar-refractivity contribution is 9.10. The molecular formula is C17H26BrFN2. The Labute approximate surface area is 136 Å². The van der Waals surface area contributed by atoms with Crippen molar-refractivity contribution in [1.29, 1.82) is 0 Å². The molecule has 4 heteroatoms. The van der Waals surface area contributed by atoms with Crippen LogP contribution in [0.15, 0.2) is 22.7 Å². The van der Waals surface area contributed by atoms with Crippen LogP contribution in [-0.4, -0.2) is 30.6 Å². The second kappa shape index (κ2) is 6.76. The van der Waals surface area contributed by atoms with Crippen molar-refractivity contribution in [3.8, 4) is 0 Å². The lowest BCUT2D eigenvalue weighted by molar-refractivity contribution is 0.0568. The van der Waals surface area contributed by atoms with Crippen molar-refractivity contribution in [2.24, 2.45) is 11.7 Å². The molecule has 0 radical (unpaired) electrons. The summed E-state index contributed by atoms with van der Waals surface area (Å²) >= 11 is 3.51. The van der Waals surface area contributed by atoms with Crippen LogP contribution in [0.3, 0.4) is 0 Å². The van der Waals surface area contributed by atoms with E-state index in [0.29, 0.717) is 6.42 Å². The first-order chi connectivity index (χ1) is 9.85. The number of likely N-dealkylation sites (N-methyl/N-ethyl adjacent to an activating group) is 1. The fourth-order valence-corrected chi connectivity index (χ4v) is 3.95. The third-order valence-electron chi connectivity index (χ3n) is 5.17. The zero-order valence-corrected chi connectivity index (χ0v) is 14.8. The van der Waals surface area contributed by atoms with E-state index in [0.717, 1.165) is 28.8 Å². The molecule has 1 aromatic carbocycles. The van der Waals surface area contributed by atoms with Crippen LogP contribution in [-0.2, 0) is 6.42 Å². The predicted molar refractivity (Wildman–Crippen MR) is 89.8 cm³/mol. The monoisotopic (exact) mass is 356 g/mol. The van der Waals surface area contributed by atoms with E-state index in [1.165, 1.54) is 18.9 Å². The van der Waals surface area contributed by atoms with E-state index in [9.17, 15) is 4.39 Å². The molecule has 1 saturated carbocycles. The summed E-state index contributed by atoms with van der Waals surface area (Å²) in [6.07, 6.45) is 5.38. The van der Waals surface area contributed by atoms with Crippen LogP contribution in [0.1, 0.15) is 38.2 Å². The average molecular weight is 357 g/mol. The summed E-state index contributed by atoms with van der Waals surface area (Å²) in [6, 6.07) is 4.85. The fourth-order valence-electron chi connectivity index (χ4n) is 3.54. The summed E-state index contributed by atoms with van der Waals surface area (Å²) in [4.78, 5) is 2.29. The molecule has 1 aliphatic carbocycles. The van der Waals surface area contributed by atoms with Gasteiger partial charge in [0.1, 0.15) is 5.82 Å². The van der Waals surface area contributed by atoms with Crippen LogP contribution in [0.5, 0.6) is 0 Å². The van der Waals surface area contributed by atoms with Gasteiger partial charge in [-0.05, 0) is 75.9 Å². The lowest BCUT2D eigenvalue weighted by Gasteiger charge is -2.48. The van der Waals surface area contributed by atoms with Crippen LogP contribution < -0.4 is 5.73 Å². The van der Waals surface area contributed by atoms with E-state index in [1.807, 2.05) is 0 Å². The van der Waals surface area contributed by atoms with E-state index in [2.05, 4.69) is 41.8 Å². The lowest BCUT2D eigenvalue weighted by Crippen LogP contribution is -2.59. The fraction of sp³-hybridized carbons (Fsp3) is 0.647. The van der Waals surface area contributed by atoms with Gasteiger partial charge in [-0.2, -0.15) is 0 Å². The van der Waals surface area contributed by atoms with Gasteiger partial charge >= 0.3 is 0 Å². The molecule has 21 heavy (non-hydrogen) atoms. The third-order valence-corrected chi connectivity index (χ3v) is 5.94. The lowest BCUT2D eigenvalue weighted by atomic mass is 9.71. The van der Waals surface area contributed by atoms with Crippen molar-refractivity contribution >= 4 is 15.9 Å². The van der Waals surface area contributed by atoms with Crippen molar-refractivity contribution < 1.29 is 4.39 Å². The molecule has 0 bridgehead atoms. The molecule has 0 heterocycles. The van der Waals surface area contributed by atoms with E-state index in [1.54, 1.807) is 12.1 Å². The van der Waals surface area contributed by atoms with Gasteiger partial charge in [-0.15, -0.1) is 0 Å². The number of rotatable bonds is 4. The van der Waals surface area contributed by atoms with E-state index < -0.39 is 0 Å². The van der Waals surface area contributed by atoms with Crippen LogP contribution in [0.2, 0.25) is 0 Å². The van der Waals surface area contributed by atoms with E-state index in [4.69, 9.17) is 5.73 Å². The van der Waals surface area contributed by atoms with Crippen molar-refractivity contribution in [2.45, 2.75) is 50.6 Å². The normalized spacial score (nSPS) is 27.9. The minimum atomic E-state index is -0.198. The van der Waals surface area contributed by atoms with E-state index in [-0.39, 0.29) is 17.4 Å². The van der Waals surface area contributed by atoms with Gasteiger partial charge in [0, 0.05) is 16.1 Å². The summed E-state index contributed by atoms with van der Waals surface area (Å²) in [5.41, 5.74) is 7.58. The van der Waals surface area contributed by atoms with Crippen LogP contribution >= 0.6 is 15.9 Å². The molecule has 118 valence electrons. The first-order valence-corrected chi connectivity index (χ1v) is 8.51. The van der Waals surface area contributed by atoms with Gasteiger partial charge in [-0.25, -0.2) is 4.39 Å². The molecule has 0 aliphatic heterocycles. The number of hydrogen-bond donors (Lipinski definition) is 1. The number of hydrogen-bond acceptors (Lipinski definition) is 2. The number of nitrogens with zero attached hydrogens (tertiary/aromatic N) is 1. The molecule has 0 spiro atoms. The zero-order chi connectivity index (χ0) is 15.6. The number of halogens is 2. The summed E-state index contributed by atoms with van der Waals surface area (Å²) < 4.78 is 14.4. The van der Waals surface area contributed by atoms with Gasteiger partial charge in [0.05, 0.1) is 0 Å². The Morgan fingerprint density at radius 1 is 1.38 bits per heavy atom. The van der Waals surface area contributed by atoms with Gasteiger partial charge in [0.25, 0.3) is 0 Å². The maximum atomic E-state index is 13.5. The summed E-state index contributed by atoms with van der Waals surface area (Å²) in [7, 11) is 4.24. The van der Waals surface area contributed by atoms with Crippen LogP contribution in [0, 0.1) is 11.7 Å². The molecule has 0 saturated heterocycles. The van der Waals surface area contributed by atoms with Crippen molar-refractivity contribution in [1.82, 2.24) is 4.90 Å². The molecule has 1 aromatic rings. The first-order valence-electron chi connectivity index (χ1n) is 7.72. The highest BCUT2D eigenvalue weighted by atomic mass is 79.9. The summed E-state index contributed by atoms with van der Waals surface area (Å²) in [6.45, 7) is 2.31. The molecule has 1 unspecified atom stereocenters. The minimum Gasteiger partial charge on any atom is -0.326 e. The molecule has 2 nitrogen and oxygen atoms in total. The molecule has 2 rings (SSSR count). The Morgan fingerprint density at radius 2 is 2.00 bits per heavy atom. The first kappa shape index (κ1) is 16.9. The number of benzene rings is 1. The number of nitrogens with two attached hydrogens (primary N) is 1. The minimum absolute atomic E-state index is 0.0121. The Bertz CT molecular complexity index is 482. The molecule has 2 N–H and O–H groups in total. The topological polar surface area (TPSA) is 29.3 Å². The van der Waals surface area contributed by atoms with Crippen LogP contribution in [0.25, 0.3) is 0 Å². The largest absolute Gasteiger partial charge is 0.326 e. The molecule has 1 atom stereocenters. The smallest absolute Gasteiger partial charge is 0.123 e. The SMILES string of the molecule is CC1CCC(C(N)Cc2cc(F)ccc2Br)(N(C)C)CC1. The van der Waals surface area contributed by atoms with E-state index >= 15 is 0 Å². The predicted octanol–water partition coefficient (Wildman–Crippen LogP) is 3.97. The quantitative estimate of drug-likeness (QED) is 0.884. The summed E-state index contributed by atoms with van der Waals surface area (Å²) in [5.74, 6) is 0.586. The maximum absolute atomic E-state index is 13.5. The van der Waals surface area contributed by atoms with Gasteiger partial charge in [-0.1, -0.05) is 22.9 Å². The van der Waals surface area contributed by atoms with Crippen molar-refractivity contribution in [2.75, 3.05) is 14.1 Å². The third kappa shape index (κ3) is 3.66. The van der Waals surface area contributed by atoms with Gasteiger partial charge in [0.15, 0.2) is 0 Å². The molecule has 0 aromatic heterocycles. The molecule has 1 fully saturated rings. The van der Waals surface area contributed by atoms with Gasteiger partial charge in [-0.3, -0.25) is 0 Å². The molecule has 0 amide bonds. The van der Waals surface area contributed by atoms with Crippen molar-refractivity contribution in [3.63, 3.8) is 0 Å². The Morgan fingerprint density at radius 3 is 2.57 bits per heavy atom. The van der Waals surface area contributed by atoms with Gasteiger partial charge < -0.3 is 10.6 Å². The standard InChI is InChI=1S/C17H26BrFN2/c1-12-6-8-17(9-7-12,21(2)3)16(20)11-13-10-14(19)4-5-15(13)18/h4-5,10,12,16H,6-9,11,20H2,1-3H3. The van der Waals surface area contributed by atoms with Crippen molar-refractivity contribution in [3.05, 3.63) is 34.1 Å². The second-order valence-corrected chi connectivity index (χ2v) is 7.58. The maximum Gasteiger partial charge on any atom is 0.123 e. The van der Waals surface area contributed by atoms with Crippen LogP contribution in [0.4, 0.5) is 4.39 Å². The Hall–Kier alpha value is -0.450.